The zero-order valence-electron chi connectivity index (χ0n) is 9.85. The van der Waals surface area contributed by atoms with Crippen LogP contribution in [0.15, 0.2) is 0 Å². The fraction of sp³-hybridized carbons (Fsp3) is 0.900. The Labute approximate surface area is 103 Å². The number of hydrogen-bond donors (Lipinski definition) is 1. The maximum atomic E-state index is 12.2. The first-order valence-corrected chi connectivity index (χ1v) is 7.58. The van der Waals surface area contributed by atoms with Crippen molar-refractivity contribution in [1.29, 1.82) is 0 Å². The Morgan fingerprint density at radius 3 is 2.38 bits per heavy atom. The van der Waals surface area contributed by atoms with Gasteiger partial charge in [0.15, 0.2) is 0 Å². The second kappa shape index (κ2) is 5.42. The molecule has 0 heterocycles. The van der Waals surface area contributed by atoms with E-state index in [9.17, 15) is 8.42 Å². The maximum absolute atomic E-state index is 12.2. The van der Waals surface area contributed by atoms with Gasteiger partial charge in [0.05, 0.1) is 4.99 Å². The van der Waals surface area contributed by atoms with Crippen LogP contribution in [0.3, 0.4) is 0 Å². The van der Waals surface area contributed by atoms with Crippen molar-refractivity contribution in [3.63, 3.8) is 0 Å². The van der Waals surface area contributed by atoms with Crippen LogP contribution in [0, 0.1) is 0 Å². The molecule has 0 bridgehead atoms. The molecule has 0 aromatic carbocycles. The molecule has 0 amide bonds. The maximum Gasteiger partial charge on any atom is 0.223 e. The highest BCUT2D eigenvalue weighted by atomic mass is 32.2. The fourth-order valence-corrected chi connectivity index (χ4v) is 4.51. The highest BCUT2D eigenvalue weighted by molar-refractivity contribution is 7.92. The summed E-state index contributed by atoms with van der Waals surface area (Å²) in [5.74, 6) is 0. The van der Waals surface area contributed by atoms with Gasteiger partial charge >= 0.3 is 0 Å². The van der Waals surface area contributed by atoms with Gasteiger partial charge in [-0.1, -0.05) is 32.0 Å². The van der Waals surface area contributed by atoms with Crippen molar-refractivity contribution >= 4 is 27.2 Å². The minimum atomic E-state index is -3.37. The molecule has 1 saturated carbocycles. The van der Waals surface area contributed by atoms with E-state index >= 15 is 0 Å². The first-order chi connectivity index (χ1) is 7.41. The van der Waals surface area contributed by atoms with Gasteiger partial charge < -0.3 is 5.73 Å². The quantitative estimate of drug-likeness (QED) is 0.759. The number of nitrogens with zero attached hydrogens (tertiary/aromatic N) is 1. The molecule has 0 spiro atoms. The fourth-order valence-electron chi connectivity index (χ4n) is 2.23. The SMILES string of the molecule is CCC(C(N)=S)S(=O)(=O)N(C)C1CCCC1. The van der Waals surface area contributed by atoms with Crippen LogP contribution in [0.1, 0.15) is 39.0 Å². The van der Waals surface area contributed by atoms with E-state index in [4.69, 9.17) is 18.0 Å². The number of thiocarbonyl (C=S) groups is 1. The summed E-state index contributed by atoms with van der Waals surface area (Å²) >= 11 is 4.83. The van der Waals surface area contributed by atoms with Gasteiger partial charge in [-0.05, 0) is 19.3 Å². The lowest BCUT2D eigenvalue weighted by Crippen LogP contribution is -2.46. The Bertz CT molecular complexity index is 348. The average Bonchev–Trinajstić information content (AvgIpc) is 2.68. The second-order valence-electron chi connectivity index (χ2n) is 4.30. The Morgan fingerprint density at radius 1 is 1.50 bits per heavy atom. The first-order valence-electron chi connectivity index (χ1n) is 5.67. The van der Waals surface area contributed by atoms with Crippen molar-refractivity contribution in [3.05, 3.63) is 0 Å². The highest BCUT2D eigenvalue weighted by Crippen LogP contribution is 2.26. The molecule has 1 atom stereocenters. The summed E-state index contributed by atoms with van der Waals surface area (Å²) in [7, 11) is -1.72. The van der Waals surface area contributed by atoms with Gasteiger partial charge in [0, 0.05) is 13.1 Å². The van der Waals surface area contributed by atoms with Gasteiger partial charge in [-0.2, -0.15) is 0 Å². The molecule has 16 heavy (non-hydrogen) atoms. The molecule has 0 saturated heterocycles. The normalized spacial score (nSPS) is 20.2. The van der Waals surface area contributed by atoms with Gasteiger partial charge in [0.1, 0.15) is 5.25 Å². The summed E-state index contributed by atoms with van der Waals surface area (Å²) in [6.45, 7) is 1.80. The molecule has 1 aliphatic rings. The van der Waals surface area contributed by atoms with Crippen LogP contribution < -0.4 is 5.73 Å². The Hall–Kier alpha value is -0.200. The van der Waals surface area contributed by atoms with Gasteiger partial charge in [-0.25, -0.2) is 12.7 Å². The van der Waals surface area contributed by atoms with Crippen molar-refractivity contribution in [2.75, 3.05) is 7.05 Å². The van der Waals surface area contributed by atoms with Crippen LogP contribution in [-0.4, -0.2) is 36.1 Å². The standard InChI is InChI=1S/C10H20N2O2S2/c1-3-9(10(11)15)16(13,14)12(2)8-6-4-5-7-8/h8-9H,3-7H2,1-2H3,(H2,11,15). The zero-order chi connectivity index (χ0) is 12.3. The molecule has 0 aromatic heterocycles. The Balaban J connectivity index is 2.86. The highest BCUT2D eigenvalue weighted by Gasteiger charge is 2.35. The van der Waals surface area contributed by atoms with Crippen LogP contribution in [-0.2, 0) is 10.0 Å². The van der Waals surface area contributed by atoms with Gasteiger partial charge in [-0.3, -0.25) is 0 Å². The number of sulfonamides is 1. The number of nitrogens with two attached hydrogens (primary N) is 1. The predicted molar refractivity (Wildman–Crippen MR) is 69.8 cm³/mol. The summed E-state index contributed by atoms with van der Waals surface area (Å²) in [6.07, 6.45) is 4.55. The molecule has 4 nitrogen and oxygen atoms in total. The minimum Gasteiger partial charge on any atom is -0.392 e. The van der Waals surface area contributed by atoms with Crippen molar-refractivity contribution in [1.82, 2.24) is 4.31 Å². The lowest BCUT2D eigenvalue weighted by molar-refractivity contribution is 0.370. The third-order valence-electron chi connectivity index (χ3n) is 3.29. The van der Waals surface area contributed by atoms with E-state index in [-0.39, 0.29) is 11.0 Å². The second-order valence-corrected chi connectivity index (χ2v) is 6.95. The largest absolute Gasteiger partial charge is 0.392 e. The monoisotopic (exact) mass is 264 g/mol. The number of rotatable bonds is 5. The average molecular weight is 264 g/mol. The van der Waals surface area contributed by atoms with Crippen LogP contribution >= 0.6 is 12.2 Å². The van der Waals surface area contributed by atoms with Crippen LogP contribution in [0.4, 0.5) is 0 Å². The lowest BCUT2D eigenvalue weighted by atomic mass is 10.3. The van der Waals surface area contributed by atoms with E-state index in [1.54, 1.807) is 14.0 Å². The molecular formula is C10H20N2O2S2. The van der Waals surface area contributed by atoms with E-state index in [0.717, 1.165) is 25.7 Å². The molecule has 1 unspecified atom stereocenters. The Morgan fingerprint density at radius 2 is 2.00 bits per heavy atom. The summed E-state index contributed by atoms with van der Waals surface area (Å²) in [6, 6.07) is 0.133. The van der Waals surface area contributed by atoms with E-state index in [0.29, 0.717) is 6.42 Å². The van der Waals surface area contributed by atoms with E-state index in [2.05, 4.69) is 0 Å². The molecule has 6 heteroatoms. The van der Waals surface area contributed by atoms with Gasteiger partial charge in [0.25, 0.3) is 0 Å². The lowest BCUT2D eigenvalue weighted by Gasteiger charge is -2.27. The van der Waals surface area contributed by atoms with Crippen LogP contribution in [0.25, 0.3) is 0 Å². The molecule has 0 radical (unpaired) electrons. The van der Waals surface area contributed by atoms with Crippen molar-refractivity contribution < 1.29 is 8.42 Å². The predicted octanol–water partition coefficient (Wildman–Crippen LogP) is 1.26. The van der Waals surface area contributed by atoms with Crippen molar-refractivity contribution in [2.24, 2.45) is 5.73 Å². The van der Waals surface area contributed by atoms with Crippen LogP contribution in [0.5, 0.6) is 0 Å². The summed E-state index contributed by atoms with van der Waals surface area (Å²) < 4.78 is 26.0. The molecule has 2 N–H and O–H groups in total. The summed E-state index contributed by atoms with van der Waals surface area (Å²) in [4.78, 5) is 0.0762. The van der Waals surface area contributed by atoms with E-state index in [1.165, 1.54) is 4.31 Å². The van der Waals surface area contributed by atoms with E-state index < -0.39 is 15.3 Å². The number of hydrogen-bond acceptors (Lipinski definition) is 3. The Kier molecular flexibility index (Phi) is 4.70. The smallest absolute Gasteiger partial charge is 0.223 e. The molecule has 0 aromatic rings. The van der Waals surface area contributed by atoms with Crippen molar-refractivity contribution in [3.8, 4) is 0 Å². The zero-order valence-corrected chi connectivity index (χ0v) is 11.5. The first kappa shape index (κ1) is 13.9. The summed E-state index contributed by atoms with van der Waals surface area (Å²) in [5.41, 5.74) is 5.50. The van der Waals surface area contributed by atoms with Crippen molar-refractivity contribution in [2.45, 2.75) is 50.3 Å². The van der Waals surface area contributed by atoms with Crippen LogP contribution in [0.2, 0.25) is 0 Å². The molecule has 1 fully saturated rings. The molecule has 94 valence electrons. The third kappa shape index (κ3) is 2.73. The third-order valence-corrected chi connectivity index (χ3v) is 6.13. The van der Waals surface area contributed by atoms with Gasteiger partial charge in [0.2, 0.25) is 10.0 Å². The molecule has 1 rings (SSSR count). The molecule has 0 aliphatic heterocycles. The summed E-state index contributed by atoms with van der Waals surface area (Å²) in [5, 5.41) is -0.715. The molecular weight excluding hydrogens is 244 g/mol. The minimum absolute atomic E-state index is 0.0762. The van der Waals surface area contributed by atoms with E-state index in [1.807, 2.05) is 0 Å². The topological polar surface area (TPSA) is 63.4 Å². The molecule has 1 aliphatic carbocycles. The van der Waals surface area contributed by atoms with Gasteiger partial charge in [-0.15, -0.1) is 0 Å².